The number of aliphatic imine (C=N–C) groups is 1. The SMILES string of the molecule is CC(C)(C)OC(=O)C[C@@H](C(=O)OC(C)(C)C)N(Cc1cc(OCCOCCO)cc(C(=O)OCC[Si](C)(C)C)c1)C(=O)c1cccc2c1OCCCc1cc(NC(=NC(=O)OC(C)(C)C)NC(=O)OC(C)(C)C)ccc1C(=O)O2. The van der Waals surface area contributed by atoms with Crippen LogP contribution in [0.3, 0.4) is 0 Å². The topological polar surface area (TPSA) is 262 Å². The maximum atomic E-state index is 15.5. The number of aliphatic hydroxyl groups excluding tert-OH is 1. The van der Waals surface area contributed by atoms with Gasteiger partial charge in [0.05, 0.1) is 56.1 Å². The Hall–Kier alpha value is -7.04. The molecule has 21 nitrogen and oxygen atoms in total. The van der Waals surface area contributed by atoms with Crippen molar-refractivity contribution >= 4 is 61.7 Å². The molecule has 0 fully saturated rings. The zero-order valence-electron chi connectivity index (χ0n) is 48.4. The lowest BCUT2D eigenvalue weighted by molar-refractivity contribution is -0.167. The monoisotopic (exact) mass is 1120 g/mol. The summed E-state index contributed by atoms with van der Waals surface area (Å²) in [7, 11) is -1.61. The minimum Gasteiger partial charge on any atom is -0.491 e. The van der Waals surface area contributed by atoms with Gasteiger partial charge >= 0.3 is 36.1 Å². The predicted octanol–water partition coefficient (Wildman–Crippen LogP) is 9.43. The molecule has 1 atom stereocenters. The van der Waals surface area contributed by atoms with Crippen molar-refractivity contribution in [2.75, 3.05) is 45.0 Å². The Balaban J connectivity index is 1.83. The second kappa shape index (κ2) is 27.7. The van der Waals surface area contributed by atoms with Crippen molar-refractivity contribution in [1.29, 1.82) is 0 Å². The van der Waals surface area contributed by atoms with Crippen molar-refractivity contribution in [3.63, 3.8) is 0 Å². The highest BCUT2D eigenvalue weighted by Gasteiger charge is 2.39. The molecule has 3 aromatic rings. The average molecular weight is 1120 g/mol. The number of fused-ring (bicyclic) bond motifs is 2. The van der Waals surface area contributed by atoms with Gasteiger partial charge in [-0.3, -0.25) is 14.9 Å². The molecule has 79 heavy (non-hydrogen) atoms. The van der Waals surface area contributed by atoms with E-state index in [1.807, 2.05) is 0 Å². The third-order valence-electron chi connectivity index (χ3n) is 10.5. The number of nitrogens with one attached hydrogen (secondary N) is 2. The van der Waals surface area contributed by atoms with E-state index in [1.165, 1.54) is 42.5 Å². The summed E-state index contributed by atoms with van der Waals surface area (Å²) in [4.78, 5) is 102. The van der Waals surface area contributed by atoms with Crippen LogP contribution in [0.4, 0.5) is 15.3 Å². The number of nitrogens with zero attached hydrogens (tertiary/aromatic N) is 2. The largest absolute Gasteiger partial charge is 0.491 e. The first-order valence-corrected chi connectivity index (χ1v) is 29.9. The van der Waals surface area contributed by atoms with Crippen LogP contribution in [0, 0.1) is 0 Å². The highest BCUT2D eigenvalue weighted by molar-refractivity contribution is 6.76. The summed E-state index contributed by atoms with van der Waals surface area (Å²) in [5.41, 5.74) is -2.70. The van der Waals surface area contributed by atoms with Crippen molar-refractivity contribution in [1.82, 2.24) is 10.2 Å². The first kappa shape index (κ1) is 64.5. The lowest BCUT2D eigenvalue weighted by Crippen LogP contribution is -2.48. The zero-order chi connectivity index (χ0) is 59.1. The molecule has 0 spiro atoms. The Morgan fingerprint density at radius 3 is 2.09 bits per heavy atom. The van der Waals surface area contributed by atoms with E-state index in [0.717, 1.165) is 4.90 Å². The number of carbonyl (C=O) groups is 7. The summed E-state index contributed by atoms with van der Waals surface area (Å²) < 4.78 is 51.7. The molecule has 22 heteroatoms. The molecule has 3 N–H and O–H groups in total. The molecular weight excluding hydrogens is 1040 g/mol. The first-order valence-electron chi connectivity index (χ1n) is 26.2. The lowest BCUT2D eigenvalue weighted by Gasteiger charge is -2.33. The van der Waals surface area contributed by atoms with Gasteiger partial charge in [-0.15, -0.1) is 4.99 Å². The van der Waals surface area contributed by atoms with Gasteiger partial charge in [-0.25, -0.2) is 24.0 Å². The number of aliphatic hydroxyl groups is 1. The number of ether oxygens (including phenoxy) is 9. The van der Waals surface area contributed by atoms with Crippen molar-refractivity contribution in [2.24, 2.45) is 4.99 Å². The van der Waals surface area contributed by atoms with E-state index in [9.17, 15) is 33.9 Å². The number of esters is 4. The van der Waals surface area contributed by atoms with Crippen LogP contribution in [0.2, 0.25) is 25.7 Å². The van der Waals surface area contributed by atoms with Gasteiger partial charge in [-0.05, 0) is 162 Å². The fourth-order valence-electron chi connectivity index (χ4n) is 7.36. The fraction of sp³-hybridized carbons (Fsp3) is 0.544. The molecular formula is C57H80N4O17Si. The van der Waals surface area contributed by atoms with Crippen LogP contribution in [0.1, 0.15) is 138 Å². The van der Waals surface area contributed by atoms with Crippen LogP contribution < -0.4 is 24.8 Å². The molecule has 0 unspecified atom stereocenters. The molecule has 0 saturated carbocycles. The van der Waals surface area contributed by atoms with E-state index in [-0.39, 0.29) is 97.9 Å². The number of alkyl carbamates (subject to hydrolysis) is 1. The second-order valence-corrected chi connectivity index (χ2v) is 29.4. The number of para-hydroxylation sites is 1. The molecule has 4 rings (SSSR count). The average Bonchev–Trinajstić information content (AvgIpc) is 3.29. The van der Waals surface area contributed by atoms with Gasteiger partial charge in [0, 0.05) is 20.3 Å². The molecule has 1 heterocycles. The minimum absolute atomic E-state index is 0.0169. The number of hydrogen-bond donors (Lipinski definition) is 3. The van der Waals surface area contributed by atoms with Gasteiger partial charge in [0.1, 0.15) is 40.8 Å². The predicted molar refractivity (Wildman–Crippen MR) is 297 cm³/mol. The summed E-state index contributed by atoms with van der Waals surface area (Å²) in [5, 5.41) is 14.6. The summed E-state index contributed by atoms with van der Waals surface area (Å²) in [6.45, 7) is 26.0. The molecule has 1 aliphatic rings. The van der Waals surface area contributed by atoms with Crippen molar-refractivity contribution in [3.8, 4) is 17.2 Å². The van der Waals surface area contributed by atoms with Gasteiger partial charge in [-0.2, -0.15) is 0 Å². The van der Waals surface area contributed by atoms with Gasteiger partial charge in [-0.1, -0.05) is 25.7 Å². The zero-order valence-corrected chi connectivity index (χ0v) is 49.4. The van der Waals surface area contributed by atoms with Crippen molar-refractivity contribution in [3.05, 3.63) is 82.4 Å². The standard InChI is InChI=1S/C57H80N4O17Si/c1-54(2,3)75-45(63)34-43(50(67)76-55(4,5)6)61(35-36-30-38(48(65)73-28-29-79(13,14)15)33-40(31-36)71-27-26-70-25-23-62)47(64)42-19-16-20-44-46(42)72-24-17-18-37-32-39(21-22-41(37)49(66)74-44)58-51(59-52(68)77-56(7,8)9)60-53(69)78-57(10,11)12/h16,19-22,30-33,43,62H,17-18,23-29,34-35H2,1-15H3,(H2,58,59,60,68,69)/t43-/m0/s1. The number of guanidine groups is 1. The highest BCUT2D eigenvalue weighted by atomic mass is 28.3. The van der Waals surface area contributed by atoms with Crippen LogP contribution in [0.5, 0.6) is 17.2 Å². The number of amides is 3. The highest BCUT2D eigenvalue weighted by Crippen LogP contribution is 2.36. The number of aryl methyl sites for hydroxylation is 1. The van der Waals surface area contributed by atoms with Gasteiger partial charge < -0.3 is 58.0 Å². The van der Waals surface area contributed by atoms with E-state index in [1.54, 1.807) is 95.2 Å². The van der Waals surface area contributed by atoms with E-state index in [4.69, 9.17) is 42.6 Å². The Bertz CT molecular complexity index is 2690. The summed E-state index contributed by atoms with van der Waals surface area (Å²) >= 11 is 0. The molecule has 1 aliphatic heterocycles. The van der Waals surface area contributed by atoms with E-state index in [2.05, 4.69) is 35.3 Å². The van der Waals surface area contributed by atoms with Crippen molar-refractivity contribution in [2.45, 2.75) is 163 Å². The van der Waals surface area contributed by atoms with Crippen LogP contribution in [-0.2, 0) is 51.0 Å². The maximum Gasteiger partial charge on any atom is 0.437 e. The number of benzene rings is 3. The number of rotatable bonds is 18. The first-order chi connectivity index (χ1) is 36.6. The summed E-state index contributed by atoms with van der Waals surface area (Å²) in [6, 6.07) is 12.5. The Morgan fingerprint density at radius 1 is 0.785 bits per heavy atom. The lowest BCUT2D eigenvalue weighted by atomic mass is 10.0. The number of carbonyl (C=O) groups excluding carboxylic acids is 7. The Morgan fingerprint density at radius 2 is 1.46 bits per heavy atom. The fourth-order valence-corrected chi connectivity index (χ4v) is 8.08. The molecule has 0 aliphatic carbocycles. The molecule has 0 bridgehead atoms. The Kier molecular flexibility index (Phi) is 22.6. The molecule has 0 aromatic heterocycles. The summed E-state index contributed by atoms with van der Waals surface area (Å²) in [6.07, 6.45) is -2.06. The van der Waals surface area contributed by atoms with Crippen molar-refractivity contribution < 1.29 is 81.3 Å². The van der Waals surface area contributed by atoms with Crippen LogP contribution in [0.15, 0.2) is 59.6 Å². The third kappa shape index (κ3) is 23.1. The molecule has 3 aromatic carbocycles. The van der Waals surface area contributed by atoms with E-state index < -0.39 is 91.5 Å². The molecule has 0 radical (unpaired) electrons. The van der Waals surface area contributed by atoms with Gasteiger partial charge in [0.15, 0.2) is 11.5 Å². The van der Waals surface area contributed by atoms with Crippen LogP contribution in [0.25, 0.3) is 0 Å². The smallest absolute Gasteiger partial charge is 0.437 e. The number of anilines is 1. The quantitative estimate of drug-likeness (QED) is 0.0204. The van der Waals surface area contributed by atoms with E-state index in [0.29, 0.717) is 17.3 Å². The minimum atomic E-state index is -1.65. The third-order valence-corrected chi connectivity index (χ3v) is 12.2. The molecule has 3 amide bonds. The normalized spacial score (nSPS) is 13.7. The second-order valence-electron chi connectivity index (χ2n) is 23.8. The van der Waals surface area contributed by atoms with Crippen LogP contribution in [-0.4, -0.2) is 134 Å². The molecule has 434 valence electrons. The Labute approximate surface area is 464 Å². The van der Waals surface area contributed by atoms with Crippen LogP contribution >= 0.6 is 0 Å². The summed E-state index contributed by atoms with van der Waals surface area (Å²) in [5.74, 6) is -4.53. The molecule has 0 saturated heterocycles. The van der Waals surface area contributed by atoms with Gasteiger partial charge in [0.25, 0.3) is 5.91 Å². The van der Waals surface area contributed by atoms with Gasteiger partial charge in [0.2, 0.25) is 5.96 Å². The number of hydrogen-bond acceptors (Lipinski definition) is 17. The maximum absolute atomic E-state index is 15.5. The van der Waals surface area contributed by atoms with E-state index >= 15 is 4.79 Å².